The fraction of sp³-hybridized carbons (Fsp3) is 0.231. The zero-order valence-corrected chi connectivity index (χ0v) is 10.2. The van der Waals surface area contributed by atoms with E-state index in [-0.39, 0.29) is 0 Å². The second kappa shape index (κ2) is 5.75. The Kier molecular flexibility index (Phi) is 4.07. The Morgan fingerprint density at radius 2 is 1.82 bits per heavy atom. The van der Waals surface area contributed by atoms with Crippen LogP contribution in [0.3, 0.4) is 0 Å². The Balaban J connectivity index is 2.11. The molecule has 3 nitrogen and oxygen atoms in total. The van der Waals surface area contributed by atoms with Crippen LogP contribution in [0.25, 0.3) is 0 Å². The molecular weight excluding hydrogens is 234 g/mol. The van der Waals surface area contributed by atoms with Crippen molar-refractivity contribution >= 4 is 11.6 Å². The molecule has 0 saturated heterocycles. The van der Waals surface area contributed by atoms with Crippen molar-refractivity contribution in [3.63, 3.8) is 0 Å². The third-order valence-electron chi connectivity index (χ3n) is 2.50. The van der Waals surface area contributed by atoms with E-state index in [4.69, 9.17) is 17.3 Å². The SMILES string of the molecule is NCCc1cnc(Cc2ccccc2Cl)nc1. The molecule has 0 radical (unpaired) electrons. The van der Waals surface area contributed by atoms with Crippen LogP contribution in [0.2, 0.25) is 5.02 Å². The van der Waals surface area contributed by atoms with E-state index in [0.717, 1.165) is 28.4 Å². The third kappa shape index (κ3) is 3.25. The zero-order valence-electron chi connectivity index (χ0n) is 9.44. The predicted molar refractivity (Wildman–Crippen MR) is 69.0 cm³/mol. The molecule has 0 amide bonds. The summed E-state index contributed by atoms with van der Waals surface area (Å²) in [5.74, 6) is 0.777. The lowest BCUT2D eigenvalue weighted by Gasteiger charge is -2.03. The largest absolute Gasteiger partial charge is 0.330 e. The van der Waals surface area contributed by atoms with Gasteiger partial charge in [-0.3, -0.25) is 0 Å². The molecule has 1 aromatic heterocycles. The summed E-state index contributed by atoms with van der Waals surface area (Å²) in [4.78, 5) is 8.62. The van der Waals surface area contributed by atoms with E-state index >= 15 is 0 Å². The van der Waals surface area contributed by atoms with E-state index < -0.39 is 0 Å². The molecule has 1 heterocycles. The summed E-state index contributed by atoms with van der Waals surface area (Å²) >= 11 is 6.08. The second-order valence-corrected chi connectivity index (χ2v) is 4.22. The monoisotopic (exact) mass is 247 g/mol. The molecule has 0 bridgehead atoms. The molecule has 0 fully saturated rings. The average molecular weight is 248 g/mol. The fourth-order valence-corrected chi connectivity index (χ4v) is 1.78. The maximum atomic E-state index is 6.08. The summed E-state index contributed by atoms with van der Waals surface area (Å²) in [6.45, 7) is 0.618. The Bertz CT molecular complexity index is 482. The number of hydrogen-bond acceptors (Lipinski definition) is 3. The van der Waals surface area contributed by atoms with Crippen molar-refractivity contribution in [1.29, 1.82) is 0 Å². The normalized spacial score (nSPS) is 10.5. The van der Waals surface area contributed by atoms with E-state index in [1.165, 1.54) is 0 Å². The van der Waals surface area contributed by atoms with Gasteiger partial charge in [0, 0.05) is 23.8 Å². The van der Waals surface area contributed by atoms with Crippen molar-refractivity contribution in [2.45, 2.75) is 12.8 Å². The van der Waals surface area contributed by atoms with Gasteiger partial charge in [0.2, 0.25) is 0 Å². The van der Waals surface area contributed by atoms with Crippen LogP contribution in [0.5, 0.6) is 0 Å². The Morgan fingerprint density at radius 3 is 2.47 bits per heavy atom. The molecule has 0 spiro atoms. The number of benzene rings is 1. The molecule has 2 N–H and O–H groups in total. The van der Waals surface area contributed by atoms with Crippen molar-refractivity contribution in [3.8, 4) is 0 Å². The standard InChI is InChI=1S/C13H14ClN3/c14-12-4-2-1-3-11(12)7-13-16-8-10(5-6-15)9-17-13/h1-4,8-9H,5-7,15H2. The quantitative estimate of drug-likeness (QED) is 0.901. The van der Waals surface area contributed by atoms with Crippen LogP contribution in [-0.2, 0) is 12.8 Å². The van der Waals surface area contributed by atoms with E-state index in [1.54, 1.807) is 0 Å². The van der Waals surface area contributed by atoms with Gasteiger partial charge in [0.15, 0.2) is 0 Å². The maximum Gasteiger partial charge on any atom is 0.132 e. The highest BCUT2D eigenvalue weighted by atomic mass is 35.5. The summed E-state index contributed by atoms with van der Waals surface area (Å²) in [6.07, 6.45) is 5.12. The number of rotatable bonds is 4. The lowest BCUT2D eigenvalue weighted by molar-refractivity contribution is 0.901. The van der Waals surface area contributed by atoms with Crippen LogP contribution in [0.15, 0.2) is 36.7 Å². The lowest BCUT2D eigenvalue weighted by Crippen LogP contribution is -2.05. The van der Waals surface area contributed by atoms with Gasteiger partial charge in [0.25, 0.3) is 0 Å². The molecule has 1 aromatic carbocycles. The van der Waals surface area contributed by atoms with Crippen LogP contribution >= 0.6 is 11.6 Å². The summed E-state index contributed by atoms with van der Waals surface area (Å²) in [5.41, 5.74) is 7.58. The van der Waals surface area contributed by atoms with Gasteiger partial charge in [0.1, 0.15) is 5.82 Å². The van der Waals surface area contributed by atoms with Gasteiger partial charge >= 0.3 is 0 Å². The van der Waals surface area contributed by atoms with Gasteiger partial charge in [-0.25, -0.2) is 9.97 Å². The lowest BCUT2D eigenvalue weighted by atomic mass is 10.1. The molecule has 0 atom stereocenters. The molecule has 88 valence electrons. The Labute approximate surface area is 106 Å². The molecule has 0 saturated carbocycles. The van der Waals surface area contributed by atoms with Crippen LogP contribution in [-0.4, -0.2) is 16.5 Å². The summed E-state index contributed by atoms with van der Waals surface area (Å²) < 4.78 is 0. The first-order chi connectivity index (χ1) is 8.29. The second-order valence-electron chi connectivity index (χ2n) is 3.81. The first-order valence-electron chi connectivity index (χ1n) is 5.53. The molecule has 0 aliphatic heterocycles. The molecular formula is C13H14ClN3. The minimum atomic E-state index is 0.618. The molecule has 2 aromatic rings. The molecule has 2 rings (SSSR count). The molecule has 17 heavy (non-hydrogen) atoms. The average Bonchev–Trinajstić information content (AvgIpc) is 2.35. The van der Waals surface area contributed by atoms with Gasteiger partial charge in [-0.15, -0.1) is 0 Å². The summed E-state index contributed by atoms with van der Waals surface area (Å²) in [7, 11) is 0. The van der Waals surface area contributed by atoms with Gasteiger partial charge in [-0.1, -0.05) is 29.8 Å². The van der Waals surface area contributed by atoms with E-state index in [9.17, 15) is 0 Å². The van der Waals surface area contributed by atoms with Crippen LogP contribution in [0, 0.1) is 0 Å². The highest BCUT2D eigenvalue weighted by Crippen LogP contribution is 2.17. The zero-order chi connectivity index (χ0) is 12.1. The molecule has 0 aliphatic carbocycles. The highest BCUT2D eigenvalue weighted by Gasteiger charge is 2.03. The van der Waals surface area contributed by atoms with Crippen LogP contribution in [0.4, 0.5) is 0 Å². The minimum absolute atomic E-state index is 0.618. The number of hydrogen-bond donors (Lipinski definition) is 1. The van der Waals surface area contributed by atoms with Crippen molar-refractivity contribution in [3.05, 3.63) is 58.6 Å². The minimum Gasteiger partial charge on any atom is -0.330 e. The van der Waals surface area contributed by atoms with Crippen molar-refractivity contribution in [2.24, 2.45) is 5.73 Å². The first-order valence-corrected chi connectivity index (χ1v) is 5.90. The van der Waals surface area contributed by atoms with Crippen molar-refractivity contribution in [2.75, 3.05) is 6.54 Å². The molecule has 4 heteroatoms. The Hall–Kier alpha value is -1.45. The highest BCUT2D eigenvalue weighted by molar-refractivity contribution is 6.31. The first kappa shape index (κ1) is 12.0. The molecule has 0 unspecified atom stereocenters. The van der Waals surface area contributed by atoms with E-state index in [1.807, 2.05) is 36.7 Å². The van der Waals surface area contributed by atoms with Crippen molar-refractivity contribution < 1.29 is 0 Å². The Morgan fingerprint density at radius 1 is 1.12 bits per heavy atom. The number of nitrogens with zero attached hydrogens (tertiary/aromatic N) is 2. The van der Waals surface area contributed by atoms with Gasteiger partial charge in [-0.2, -0.15) is 0 Å². The molecule has 0 aliphatic rings. The predicted octanol–water partition coefficient (Wildman–Crippen LogP) is 2.22. The summed E-state index contributed by atoms with van der Waals surface area (Å²) in [6, 6.07) is 7.74. The van der Waals surface area contributed by atoms with Crippen LogP contribution < -0.4 is 5.73 Å². The fourth-order valence-electron chi connectivity index (χ4n) is 1.58. The van der Waals surface area contributed by atoms with Crippen LogP contribution in [0.1, 0.15) is 17.0 Å². The van der Waals surface area contributed by atoms with Gasteiger partial charge in [0.05, 0.1) is 0 Å². The topological polar surface area (TPSA) is 51.8 Å². The van der Waals surface area contributed by atoms with Crippen molar-refractivity contribution in [1.82, 2.24) is 9.97 Å². The smallest absolute Gasteiger partial charge is 0.132 e. The number of nitrogens with two attached hydrogens (primary N) is 1. The van der Waals surface area contributed by atoms with Gasteiger partial charge < -0.3 is 5.73 Å². The third-order valence-corrected chi connectivity index (χ3v) is 2.87. The van der Waals surface area contributed by atoms with Gasteiger partial charge in [-0.05, 0) is 30.2 Å². The van der Waals surface area contributed by atoms with E-state index in [0.29, 0.717) is 13.0 Å². The summed E-state index contributed by atoms with van der Waals surface area (Å²) in [5, 5.41) is 0.752. The maximum absolute atomic E-state index is 6.08. The van der Waals surface area contributed by atoms with E-state index in [2.05, 4.69) is 9.97 Å². The number of halogens is 1. The number of aromatic nitrogens is 2.